The minimum Gasteiger partial charge on any atom is -0.367 e. The summed E-state index contributed by atoms with van der Waals surface area (Å²) in [6, 6.07) is 13.1. The Bertz CT molecular complexity index is 817. The topological polar surface area (TPSA) is 52.0 Å². The third-order valence-electron chi connectivity index (χ3n) is 3.04. The number of benzene rings is 2. The molecule has 0 saturated heterocycles. The van der Waals surface area contributed by atoms with Crippen molar-refractivity contribution in [1.82, 2.24) is 5.16 Å². The van der Waals surface area contributed by atoms with Crippen molar-refractivity contribution in [2.45, 2.75) is 0 Å². The molecule has 0 saturated carbocycles. The zero-order chi connectivity index (χ0) is 15.0. The van der Waals surface area contributed by atoms with Gasteiger partial charge in [-0.05, 0) is 23.8 Å². The SMILES string of the molecule is Nc1onc(-c2cccc(Cl)c2Cl)c1-c1cccc(Br)c1. The Labute approximate surface area is 139 Å². The van der Waals surface area contributed by atoms with E-state index in [2.05, 4.69) is 21.1 Å². The number of aromatic nitrogens is 1. The van der Waals surface area contributed by atoms with Crippen molar-refractivity contribution in [2.24, 2.45) is 0 Å². The molecule has 1 aromatic heterocycles. The Kier molecular flexibility index (Phi) is 3.93. The van der Waals surface area contributed by atoms with Gasteiger partial charge in [0.05, 0.1) is 15.6 Å². The van der Waals surface area contributed by atoms with Crippen molar-refractivity contribution in [3.8, 4) is 22.4 Å². The fourth-order valence-electron chi connectivity index (χ4n) is 2.10. The van der Waals surface area contributed by atoms with Crippen LogP contribution < -0.4 is 5.73 Å². The second-order valence-corrected chi connectivity index (χ2v) is 6.08. The van der Waals surface area contributed by atoms with Gasteiger partial charge in [-0.2, -0.15) is 0 Å². The maximum Gasteiger partial charge on any atom is 0.230 e. The minimum atomic E-state index is 0.235. The largest absolute Gasteiger partial charge is 0.367 e. The van der Waals surface area contributed by atoms with Gasteiger partial charge >= 0.3 is 0 Å². The first-order valence-electron chi connectivity index (χ1n) is 6.03. The maximum atomic E-state index is 6.26. The van der Waals surface area contributed by atoms with Gasteiger partial charge in [-0.3, -0.25) is 0 Å². The van der Waals surface area contributed by atoms with Crippen LogP contribution in [-0.2, 0) is 0 Å². The second-order valence-electron chi connectivity index (χ2n) is 4.38. The molecule has 0 fully saturated rings. The summed E-state index contributed by atoms with van der Waals surface area (Å²) in [5.74, 6) is 0.235. The lowest BCUT2D eigenvalue weighted by Gasteiger charge is -2.06. The summed E-state index contributed by atoms with van der Waals surface area (Å²) in [5, 5.41) is 4.91. The molecule has 2 aromatic carbocycles. The maximum absolute atomic E-state index is 6.26. The average Bonchev–Trinajstić information content (AvgIpc) is 2.83. The van der Waals surface area contributed by atoms with Crippen LogP contribution in [0.2, 0.25) is 10.0 Å². The molecule has 0 radical (unpaired) electrons. The number of nitrogens with two attached hydrogens (primary N) is 1. The van der Waals surface area contributed by atoms with Crippen molar-refractivity contribution in [2.75, 3.05) is 5.73 Å². The lowest BCUT2D eigenvalue weighted by atomic mass is 10.0. The molecule has 0 atom stereocenters. The third kappa shape index (κ3) is 2.67. The van der Waals surface area contributed by atoms with E-state index in [1.54, 1.807) is 12.1 Å². The molecule has 3 aromatic rings. The van der Waals surface area contributed by atoms with Crippen LogP contribution in [0.4, 0.5) is 5.88 Å². The Morgan fingerprint density at radius 3 is 2.62 bits per heavy atom. The van der Waals surface area contributed by atoms with Crippen LogP contribution in [0.15, 0.2) is 51.5 Å². The summed E-state index contributed by atoms with van der Waals surface area (Å²) >= 11 is 15.8. The van der Waals surface area contributed by atoms with Crippen molar-refractivity contribution < 1.29 is 4.52 Å². The van der Waals surface area contributed by atoms with Crippen LogP contribution >= 0.6 is 39.1 Å². The highest BCUT2D eigenvalue weighted by Gasteiger charge is 2.20. The predicted molar refractivity (Wildman–Crippen MR) is 89.5 cm³/mol. The number of rotatable bonds is 2. The molecule has 2 N–H and O–H groups in total. The monoisotopic (exact) mass is 382 g/mol. The Morgan fingerprint density at radius 2 is 1.86 bits per heavy atom. The van der Waals surface area contributed by atoms with E-state index in [1.165, 1.54) is 0 Å². The number of hydrogen-bond donors (Lipinski definition) is 1. The van der Waals surface area contributed by atoms with Crippen LogP contribution in [0, 0.1) is 0 Å². The van der Waals surface area contributed by atoms with Gasteiger partial charge in [0.2, 0.25) is 5.88 Å². The van der Waals surface area contributed by atoms with Crippen molar-refractivity contribution in [1.29, 1.82) is 0 Å². The first kappa shape index (κ1) is 14.4. The lowest BCUT2D eigenvalue weighted by molar-refractivity contribution is 0.439. The molecule has 0 unspecified atom stereocenters. The summed E-state index contributed by atoms with van der Waals surface area (Å²) in [4.78, 5) is 0. The normalized spacial score (nSPS) is 10.8. The van der Waals surface area contributed by atoms with Crippen molar-refractivity contribution >= 4 is 45.0 Å². The molecular weight excluding hydrogens is 375 g/mol. The molecule has 21 heavy (non-hydrogen) atoms. The zero-order valence-electron chi connectivity index (χ0n) is 10.6. The highest BCUT2D eigenvalue weighted by atomic mass is 79.9. The number of nitrogen functional groups attached to an aromatic ring is 1. The van der Waals surface area contributed by atoms with Crippen LogP contribution in [0.5, 0.6) is 0 Å². The molecule has 0 amide bonds. The van der Waals surface area contributed by atoms with Crippen LogP contribution in [-0.4, -0.2) is 5.16 Å². The lowest BCUT2D eigenvalue weighted by Crippen LogP contribution is -1.88. The number of nitrogens with zero attached hydrogens (tertiary/aromatic N) is 1. The molecule has 6 heteroatoms. The fraction of sp³-hybridized carbons (Fsp3) is 0. The van der Waals surface area contributed by atoms with Crippen LogP contribution in [0.3, 0.4) is 0 Å². The second kappa shape index (κ2) is 5.72. The quantitative estimate of drug-likeness (QED) is 0.621. The van der Waals surface area contributed by atoms with Gasteiger partial charge in [0.25, 0.3) is 0 Å². The number of halogens is 3. The van der Waals surface area contributed by atoms with Crippen molar-refractivity contribution in [3.05, 3.63) is 57.0 Å². The summed E-state index contributed by atoms with van der Waals surface area (Å²) in [7, 11) is 0. The van der Waals surface area contributed by atoms with E-state index in [1.807, 2.05) is 30.3 Å². The van der Waals surface area contributed by atoms with E-state index >= 15 is 0 Å². The number of hydrogen-bond acceptors (Lipinski definition) is 3. The fourth-order valence-corrected chi connectivity index (χ4v) is 2.89. The van der Waals surface area contributed by atoms with Gasteiger partial charge in [-0.1, -0.05) is 68.6 Å². The average molecular weight is 384 g/mol. The van der Waals surface area contributed by atoms with E-state index in [-0.39, 0.29) is 5.88 Å². The molecule has 1 heterocycles. The van der Waals surface area contributed by atoms with E-state index in [0.29, 0.717) is 26.9 Å². The summed E-state index contributed by atoms with van der Waals surface area (Å²) in [5.41, 5.74) is 8.75. The molecule has 3 rings (SSSR count). The Morgan fingerprint density at radius 1 is 1.10 bits per heavy atom. The van der Waals surface area contributed by atoms with E-state index < -0.39 is 0 Å². The summed E-state index contributed by atoms with van der Waals surface area (Å²) < 4.78 is 6.08. The standard InChI is InChI=1S/C15H9BrCl2N2O/c16-9-4-1-3-8(7-9)12-14(20-21-15(12)19)10-5-2-6-11(17)13(10)18/h1-7H,19H2. The van der Waals surface area contributed by atoms with Gasteiger partial charge in [-0.25, -0.2) is 0 Å². The highest BCUT2D eigenvalue weighted by Crippen LogP contribution is 2.41. The third-order valence-corrected chi connectivity index (χ3v) is 4.35. The van der Waals surface area contributed by atoms with E-state index in [4.69, 9.17) is 33.5 Å². The minimum absolute atomic E-state index is 0.235. The molecule has 3 nitrogen and oxygen atoms in total. The first-order valence-corrected chi connectivity index (χ1v) is 7.58. The van der Waals surface area contributed by atoms with Gasteiger partial charge in [0, 0.05) is 10.0 Å². The molecular formula is C15H9BrCl2N2O. The molecule has 0 spiro atoms. The number of anilines is 1. The highest BCUT2D eigenvalue weighted by molar-refractivity contribution is 9.10. The Balaban J connectivity index is 2.24. The molecule has 106 valence electrons. The van der Waals surface area contributed by atoms with Gasteiger partial charge in [-0.15, -0.1) is 0 Å². The van der Waals surface area contributed by atoms with E-state index in [0.717, 1.165) is 10.0 Å². The van der Waals surface area contributed by atoms with Crippen LogP contribution in [0.1, 0.15) is 0 Å². The van der Waals surface area contributed by atoms with Gasteiger partial charge in [0.1, 0.15) is 5.69 Å². The van der Waals surface area contributed by atoms with Gasteiger partial charge in [0.15, 0.2) is 0 Å². The molecule has 0 aliphatic heterocycles. The van der Waals surface area contributed by atoms with E-state index in [9.17, 15) is 0 Å². The zero-order valence-corrected chi connectivity index (χ0v) is 13.7. The summed E-state index contributed by atoms with van der Waals surface area (Å²) in [6.07, 6.45) is 0. The molecule has 0 aliphatic rings. The molecule has 0 bridgehead atoms. The first-order chi connectivity index (χ1) is 10.1. The molecule has 0 aliphatic carbocycles. The van der Waals surface area contributed by atoms with Crippen LogP contribution in [0.25, 0.3) is 22.4 Å². The van der Waals surface area contributed by atoms with Gasteiger partial charge < -0.3 is 10.3 Å². The van der Waals surface area contributed by atoms with Crippen molar-refractivity contribution in [3.63, 3.8) is 0 Å². The summed E-state index contributed by atoms with van der Waals surface area (Å²) in [6.45, 7) is 0. The smallest absolute Gasteiger partial charge is 0.230 e. The predicted octanol–water partition coefficient (Wildman–Crippen LogP) is 5.66. The Hall–Kier alpha value is -1.49.